The maximum absolute atomic E-state index is 12.9. The minimum atomic E-state index is -0.582. The third-order valence-electron chi connectivity index (χ3n) is 2.53. The minimum Gasteiger partial charge on any atom is -0.370 e. The SMILES string of the molecule is O=C1CCN(c2cc(F)cc(F)c2)CC1. The molecule has 2 nitrogen and oxygen atoms in total. The molecule has 1 aliphatic heterocycles. The van der Waals surface area contributed by atoms with E-state index in [-0.39, 0.29) is 5.78 Å². The van der Waals surface area contributed by atoms with Crippen molar-refractivity contribution in [3.05, 3.63) is 29.8 Å². The standard InChI is InChI=1S/C11H11F2NO/c12-8-5-9(13)7-10(6-8)14-3-1-11(15)2-4-14/h5-7H,1-4H2. The van der Waals surface area contributed by atoms with E-state index in [2.05, 4.69) is 0 Å². The van der Waals surface area contributed by atoms with Crippen molar-refractivity contribution < 1.29 is 13.6 Å². The van der Waals surface area contributed by atoms with Crippen molar-refractivity contribution in [2.75, 3.05) is 18.0 Å². The van der Waals surface area contributed by atoms with Crippen LogP contribution in [0.1, 0.15) is 12.8 Å². The van der Waals surface area contributed by atoms with Gasteiger partial charge in [0.25, 0.3) is 0 Å². The quantitative estimate of drug-likeness (QED) is 0.709. The molecule has 1 aliphatic rings. The van der Waals surface area contributed by atoms with Gasteiger partial charge in [-0.2, -0.15) is 0 Å². The number of carbonyl (C=O) groups is 1. The van der Waals surface area contributed by atoms with E-state index in [1.807, 2.05) is 4.90 Å². The molecule has 2 rings (SSSR count). The third kappa shape index (κ3) is 2.32. The molecule has 1 fully saturated rings. The summed E-state index contributed by atoms with van der Waals surface area (Å²) in [6.45, 7) is 1.09. The number of anilines is 1. The molecule has 80 valence electrons. The summed E-state index contributed by atoms with van der Waals surface area (Å²) in [5, 5.41) is 0. The van der Waals surface area contributed by atoms with Gasteiger partial charge < -0.3 is 4.90 Å². The van der Waals surface area contributed by atoms with Crippen molar-refractivity contribution >= 4 is 11.5 Å². The second-order valence-electron chi connectivity index (χ2n) is 3.65. The van der Waals surface area contributed by atoms with Crippen molar-refractivity contribution in [2.24, 2.45) is 0 Å². The lowest BCUT2D eigenvalue weighted by molar-refractivity contribution is -0.119. The monoisotopic (exact) mass is 211 g/mol. The predicted octanol–water partition coefficient (Wildman–Crippen LogP) is 2.13. The Morgan fingerprint density at radius 1 is 1.00 bits per heavy atom. The van der Waals surface area contributed by atoms with Crippen LogP contribution in [-0.2, 0) is 4.79 Å². The van der Waals surface area contributed by atoms with Crippen LogP contribution in [0.2, 0.25) is 0 Å². The maximum atomic E-state index is 12.9. The van der Waals surface area contributed by atoms with Crippen LogP contribution < -0.4 is 4.90 Å². The zero-order valence-electron chi connectivity index (χ0n) is 8.17. The van der Waals surface area contributed by atoms with Crippen LogP contribution in [0.5, 0.6) is 0 Å². The summed E-state index contributed by atoms with van der Waals surface area (Å²) < 4.78 is 25.9. The summed E-state index contributed by atoms with van der Waals surface area (Å²) >= 11 is 0. The fourth-order valence-corrected chi connectivity index (χ4v) is 1.74. The lowest BCUT2D eigenvalue weighted by Crippen LogP contribution is -2.33. The highest BCUT2D eigenvalue weighted by Gasteiger charge is 2.17. The van der Waals surface area contributed by atoms with Gasteiger partial charge in [-0.3, -0.25) is 4.79 Å². The van der Waals surface area contributed by atoms with Gasteiger partial charge in [-0.15, -0.1) is 0 Å². The van der Waals surface area contributed by atoms with E-state index in [4.69, 9.17) is 0 Å². The van der Waals surface area contributed by atoms with Gasteiger partial charge in [-0.25, -0.2) is 8.78 Å². The number of rotatable bonds is 1. The lowest BCUT2D eigenvalue weighted by Gasteiger charge is -2.28. The molecular weight excluding hydrogens is 200 g/mol. The Labute approximate surface area is 86.5 Å². The Kier molecular flexibility index (Phi) is 2.66. The minimum absolute atomic E-state index is 0.211. The fraction of sp³-hybridized carbons (Fsp3) is 0.364. The molecule has 0 atom stereocenters. The number of Topliss-reactive ketones (excluding diaryl/α,β-unsaturated/α-hetero) is 1. The molecule has 4 heteroatoms. The van der Waals surface area contributed by atoms with Crippen LogP contribution >= 0.6 is 0 Å². The summed E-state index contributed by atoms with van der Waals surface area (Å²) in [6, 6.07) is 3.43. The van der Waals surface area contributed by atoms with E-state index >= 15 is 0 Å². The Hall–Kier alpha value is -1.45. The molecule has 0 amide bonds. The second kappa shape index (κ2) is 3.96. The van der Waals surface area contributed by atoms with Gasteiger partial charge in [0.1, 0.15) is 17.4 Å². The van der Waals surface area contributed by atoms with E-state index in [0.29, 0.717) is 31.6 Å². The van der Waals surface area contributed by atoms with Crippen LogP contribution in [0.3, 0.4) is 0 Å². The molecule has 1 aromatic rings. The summed E-state index contributed by atoms with van der Waals surface area (Å²) in [5.74, 6) is -0.952. The molecule has 0 aliphatic carbocycles. The highest BCUT2D eigenvalue weighted by atomic mass is 19.1. The van der Waals surface area contributed by atoms with E-state index in [9.17, 15) is 13.6 Å². The first-order valence-electron chi connectivity index (χ1n) is 4.88. The van der Waals surface area contributed by atoms with E-state index < -0.39 is 11.6 Å². The third-order valence-corrected chi connectivity index (χ3v) is 2.53. The first kappa shape index (κ1) is 10.1. The molecule has 0 unspecified atom stereocenters. The topological polar surface area (TPSA) is 20.3 Å². The second-order valence-corrected chi connectivity index (χ2v) is 3.65. The van der Waals surface area contributed by atoms with Crippen LogP contribution in [0.25, 0.3) is 0 Å². The molecule has 0 radical (unpaired) electrons. The van der Waals surface area contributed by atoms with Gasteiger partial charge in [0, 0.05) is 37.7 Å². The number of benzene rings is 1. The molecular formula is C11H11F2NO. The lowest BCUT2D eigenvalue weighted by atomic mass is 10.1. The smallest absolute Gasteiger partial charge is 0.136 e. The number of piperidine rings is 1. The summed E-state index contributed by atoms with van der Waals surface area (Å²) in [7, 11) is 0. The van der Waals surface area contributed by atoms with Crippen LogP contribution in [0, 0.1) is 11.6 Å². The molecule has 0 N–H and O–H groups in total. The predicted molar refractivity (Wildman–Crippen MR) is 52.8 cm³/mol. The van der Waals surface area contributed by atoms with Gasteiger partial charge in [-0.1, -0.05) is 0 Å². The Morgan fingerprint density at radius 3 is 2.07 bits per heavy atom. The first-order chi connectivity index (χ1) is 7.15. The number of ketones is 1. The normalized spacial score (nSPS) is 16.9. The number of hydrogen-bond donors (Lipinski definition) is 0. The van der Waals surface area contributed by atoms with Crippen LogP contribution in [0.15, 0.2) is 18.2 Å². The molecule has 0 aromatic heterocycles. The number of carbonyl (C=O) groups excluding carboxylic acids is 1. The Morgan fingerprint density at radius 2 is 1.53 bits per heavy atom. The average molecular weight is 211 g/mol. The van der Waals surface area contributed by atoms with Crippen molar-refractivity contribution in [1.29, 1.82) is 0 Å². The summed E-state index contributed by atoms with van der Waals surface area (Å²) in [5.41, 5.74) is 0.514. The average Bonchev–Trinajstić information content (AvgIpc) is 2.17. The van der Waals surface area contributed by atoms with Crippen molar-refractivity contribution in [1.82, 2.24) is 0 Å². The van der Waals surface area contributed by atoms with Crippen molar-refractivity contribution in [3.8, 4) is 0 Å². The molecule has 0 spiro atoms. The van der Waals surface area contributed by atoms with Gasteiger partial charge in [0.2, 0.25) is 0 Å². The number of nitrogens with zero attached hydrogens (tertiary/aromatic N) is 1. The molecule has 0 saturated carbocycles. The summed E-state index contributed by atoms with van der Waals surface area (Å²) in [4.78, 5) is 12.8. The fourth-order valence-electron chi connectivity index (χ4n) is 1.74. The molecule has 15 heavy (non-hydrogen) atoms. The van der Waals surface area contributed by atoms with Crippen molar-refractivity contribution in [3.63, 3.8) is 0 Å². The Bertz CT molecular complexity index is 362. The molecule has 1 aromatic carbocycles. The molecule has 1 heterocycles. The number of halogens is 2. The molecule has 1 saturated heterocycles. The maximum Gasteiger partial charge on any atom is 0.136 e. The van der Waals surface area contributed by atoms with Crippen LogP contribution in [0.4, 0.5) is 14.5 Å². The molecule has 0 bridgehead atoms. The highest BCUT2D eigenvalue weighted by Crippen LogP contribution is 2.20. The van der Waals surface area contributed by atoms with E-state index in [1.165, 1.54) is 12.1 Å². The zero-order valence-corrected chi connectivity index (χ0v) is 8.17. The van der Waals surface area contributed by atoms with Gasteiger partial charge in [-0.05, 0) is 12.1 Å². The Balaban J connectivity index is 2.18. The summed E-state index contributed by atoms with van der Waals surface area (Å²) in [6.07, 6.45) is 0.913. The van der Waals surface area contributed by atoms with Gasteiger partial charge >= 0.3 is 0 Å². The van der Waals surface area contributed by atoms with Crippen molar-refractivity contribution in [2.45, 2.75) is 12.8 Å². The van der Waals surface area contributed by atoms with E-state index in [0.717, 1.165) is 6.07 Å². The van der Waals surface area contributed by atoms with Crippen LogP contribution in [-0.4, -0.2) is 18.9 Å². The van der Waals surface area contributed by atoms with Gasteiger partial charge in [0.15, 0.2) is 0 Å². The number of hydrogen-bond acceptors (Lipinski definition) is 2. The zero-order chi connectivity index (χ0) is 10.8. The first-order valence-corrected chi connectivity index (χ1v) is 4.88. The van der Waals surface area contributed by atoms with E-state index in [1.54, 1.807) is 0 Å². The largest absolute Gasteiger partial charge is 0.370 e. The highest BCUT2D eigenvalue weighted by molar-refractivity contribution is 5.81. The van der Waals surface area contributed by atoms with Gasteiger partial charge in [0.05, 0.1) is 0 Å².